The molecule has 0 radical (unpaired) electrons. The maximum absolute atomic E-state index is 12.1. The molecule has 0 aliphatic carbocycles. The molecule has 0 aliphatic rings. The summed E-state index contributed by atoms with van der Waals surface area (Å²) in [6, 6.07) is 9.73. The van der Waals surface area contributed by atoms with E-state index in [9.17, 15) is 4.39 Å². The molecule has 0 spiro atoms. The fourth-order valence-electron chi connectivity index (χ4n) is 0.796. The normalized spacial score (nSPS) is 12.3. The van der Waals surface area contributed by atoms with Gasteiger partial charge in [-0.3, -0.25) is 0 Å². The topological polar surface area (TPSA) is 0 Å². The van der Waals surface area contributed by atoms with Gasteiger partial charge in [-0.1, -0.05) is 42.5 Å². The molecule has 1 aromatic rings. The first kappa shape index (κ1) is 9.20. The smallest absolute Gasteiger partial charge is 0.165 e. The van der Waals surface area contributed by atoms with Gasteiger partial charge in [0.15, 0.2) is 4.74 Å². The van der Waals surface area contributed by atoms with Crippen molar-refractivity contribution in [3.05, 3.63) is 52.8 Å². The molecule has 0 aliphatic heterocycles. The van der Waals surface area contributed by atoms with Gasteiger partial charge in [0, 0.05) is 0 Å². The lowest BCUT2D eigenvalue weighted by Crippen LogP contribution is -1.66. The third kappa shape index (κ3) is 3.49. The van der Waals surface area contributed by atoms with Crippen molar-refractivity contribution in [3.8, 4) is 0 Å². The van der Waals surface area contributed by atoms with Crippen molar-refractivity contribution in [3.63, 3.8) is 0 Å². The molecular weight excluding hydrogens is 219 g/mol. The molecule has 0 aromatic heterocycles. The summed E-state index contributed by atoms with van der Waals surface area (Å²) >= 11 is 2.69. The first-order valence-electron chi connectivity index (χ1n) is 3.53. The zero-order chi connectivity index (χ0) is 8.81. The summed E-state index contributed by atoms with van der Waals surface area (Å²) < 4.78 is 11.8. The maximum atomic E-state index is 12.1. The molecular formula is C10H8BrF. The Balaban J connectivity index is 2.64. The second-order valence-corrected chi connectivity index (χ2v) is 2.98. The first-order valence-corrected chi connectivity index (χ1v) is 4.33. The van der Waals surface area contributed by atoms with Gasteiger partial charge in [-0.05, 0) is 27.6 Å². The number of hydrogen-bond acceptors (Lipinski definition) is 0. The Morgan fingerprint density at radius 1 is 1.25 bits per heavy atom. The minimum absolute atomic E-state index is 0.366. The molecule has 12 heavy (non-hydrogen) atoms. The van der Waals surface area contributed by atoms with Crippen LogP contribution in [0.4, 0.5) is 4.39 Å². The first-order chi connectivity index (χ1) is 5.79. The Labute approximate surface area is 79.5 Å². The van der Waals surface area contributed by atoms with E-state index in [2.05, 4.69) is 15.9 Å². The minimum Gasteiger partial charge on any atom is -0.199 e. The molecule has 0 N–H and O–H groups in total. The predicted molar refractivity (Wildman–Crippen MR) is 53.6 cm³/mol. The number of rotatable bonds is 2. The van der Waals surface area contributed by atoms with Gasteiger partial charge in [0.05, 0.1) is 0 Å². The molecule has 0 saturated carbocycles. The second kappa shape index (κ2) is 4.88. The fraction of sp³-hybridized carbons (Fsp3) is 0. The number of allylic oxidation sites excluding steroid dienone is 2. The summed E-state index contributed by atoms with van der Waals surface area (Å²) in [6.07, 6.45) is 4.84. The van der Waals surface area contributed by atoms with Crippen LogP contribution >= 0.6 is 15.9 Å². The highest BCUT2D eigenvalue weighted by atomic mass is 79.9. The van der Waals surface area contributed by atoms with Crippen molar-refractivity contribution >= 4 is 22.0 Å². The van der Waals surface area contributed by atoms with E-state index in [1.807, 2.05) is 36.4 Å². The van der Waals surface area contributed by atoms with E-state index in [0.717, 1.165) is 5.56 Å². The summed E-state index contributed by atoms with van der Waals surface area (Å²) in [5.74, 6) is 0. The molecule has 0 saturated heterocycles. The highest BCUT2D eigenvalue weighted by Crippen LogP contribution is 2.06. The van der Waals surface area contributed by atoms with Gasteiger partial charge in [-0.2, -0.15) is 4.39 Å². The van der Waals surface area contributed by atoms with Gasteiger partial charge in [0.1, 0.15) is 0 Å². The Bertz CT molecular complexity index is 284. The van der Waals surface area contributed by atoms with Gasteiger partial charge >= 0.3 is 0 Å². The van der Waals surface area contributed by atoms with E-state index in [-0.39, 0.29) is 4.74 Å². The highest BCUT2D eigenvalue weighted by molar-refractivity contribution is 9.11. The van der Waals surface area contributed by atoms with Crippen LogP contribution in [0.3, 0.4) is 0 Å². The summed E-state index contributed by atoms with van der Waals surface area (Å²) in [7, 11) is 0. The highest BCUT2D eigenvalue weighted by Gasteiger charge is 1.81. The molecule has 0 unspecified atom stereocenters. The lowest BCUT2D eigenvalue weighted by atomic mass is 10.2. The molecule has 1 rings (SSSR count). The fourth-order valence-corrected chi connectivity index (χ4v) is 0.949. The number of hydrogen-bond donors (Lipinski definition) is 0. The SMILES string of the molecule is F/C(Br)=C/C=C/c1ccccc1. The monoisotopic (exact) mass is 226 g/mol. The zero-order valence-electron chi connectivity index (χ0n) is 6.37. The van der Waals surface area contributed by atoms with Crippen LogP contribution < -0.4 is 0 Å². The zero-order valence-corrected chi connectivity index (χ0v) is 7.96. The van der Waals surface area contributed by atoms with E-state index in [1.165, 1.54) is 6.08 Å². The predicted octanol–water partition coefficient (Wildman–Crippen LogP) is 3.91. The van der Waals surface area contributed by atoms with E-state index in [1.54, 1.807) is 6.08 Å². The third-order valence-corrected chi connectivity index (χ3v) is 1.57. The summed E-state index contributed by atoms with van der Waals surface area (Å²) in [4.78, 5) is 0. The van der Waals surface area contributed by atoms with E-state index >= 15 is 0 Å². The maximum Gasteiger partial charge on any atom is 0.165 e. The number of benzene rings is 1. The number of halogens is 2. The van der Waals surface area contributed by atoms with Crippen LogP contribution in [0.5, 0.6) is 0 Å². The van der Waals surface area contributed by atoms with Crippen LogP contribution in [0.25, 0.3) is 6.08 Å². The lowest BCUT2D eigenvalue weighted by molar-refractivity contribution is 0.705. The van der Waals surface area contributed by atoms with Crippen molar-refractivity contribution in [2.24, 2.45) is 0 Å². The van der Waals surface area contributed by atoms with Gasteiger partial charge in [0.2, 0.25) is 0 Å². The Morgan fingerprint density at radius 2 is 1.92 bits per heavy atom. The summed E-state index contributed by atoms with van der Waals surface area (Å²) in [6.45, 7) is 0. The van der Waals surface area contributed by atoms with Gasteiger partial charge in [-0.15, -0.1) is 0 Å². The average molecular weight is 227 g/mol. The molecule has 0 atom stereocenters. The van der Waals surface area contributed by atoms with Crippen LogP contribution in [0.2, 0.25) is 0 Å². The molecule has 2 heteroatoms. The molecule has 62 valence electrons. The van der Waals surface area contributed by atoms with Crippen LogP contribution in [0.1, 0.15) is 5.56 Å². The van der Waals surface area contributed by atoms with Crippen molar-refractivity contribution in [2.45, 2.75) is 0 Å². The van der Waals surface area contributed by atoms with Crippen LogP contribution in [0.15, 0.2) is 47.2 Å². The van der Waals surface area contributed by atoms with Gasteiger partial charge < -0.3 is 0 Å². The summed E-state index contributed by atoms with van der Waals surface area (Å²) in [5, 5.41) is 0. The lowest BCUT2D eigenvalue weighted by Gasteiger charge is -1.87. The molecule has 0 nitrogen and oxygen atoms in total. The molecule has 0 amide bonds. The van der Waals surface area contributed by atoms with Crippen LogP contribution in [-0.4, -0.2) is 0 Å². The molecule has 0 bridgehead atoms. The average Bonchev–Trinajstić information content (AvgIpc) is 2.05. The third-order valence-electron chi connectivity index (χ3n) is 1.31. The molecule has 0 fully saturated rings. The van der Waals surface area contributed by atoms with Crippen LogP contribution in [0, 0.1) is 0 Å². The molecule has 0 heterocycles. The van der Waals surface area contributed by atoms with E-state index < -0.39 is 0 Å². The summed E-state index contributed by atoms with van der Waals surface area (Å²) in [5.41, 5.74) is 1.06. The Hall–Kier alpha value is -0.890. The van der Waals surface area contributed by atoms with E-state index in [4.69, 9.17) is 0 Å². The standard InChI is InChI=1S/C10H8BrF/c11-10(12)8-4-7-9-5-2-1-3-6-9/h1-8H/b7-4+,10-8+. The minimum atomic E-state index is -0.366. The van der Waals surface area contributed by atoms with Crippen molar-refractivity contribution in [1.82, 2.24) is 0 Å². The van der Waals surface area contributed by atoms with E-state index in [0.29, 0.717) is 0 Å². The second-order valence-electron chi connectivity index (χ2n) is 2.23. The Morgan fingerprint density at radius 3 is 2.50 bits per heavy atom. The molecule has 1 aromatic carbocycles. The van der Waals surface area contributed by atoms with Gasteiger partial charge in [-0.25, -0.2) is 0 Å². The van der Waals surface area contributed by atoms with Gasteiger partial charge in [0.25, 0.3) is 0 Å². The van der Waals surface area contributed by atoms with Crippen LogP contribution in [-0.2, 0) is 0 Å². The van der Waals surface area contributed by atoms with Crippen molar-refractivity contribution in [2.75, 3.05) is 0 Å². The van der Waals surface area contributed by atoms with Crippen molar-refractivity contribution in [1.29, 1.82) is 0 Å². The Kier molecular flexibility index (Phi) is 3.74. The van der Waals surface area contributed by atoms with Crippen molar-refractivity contribution < 1.29 is 4.39 Å². The quantitative estimate of drug-likeness (QED) is 0.672. The largest absolute Gasteiger partial charge is 0.199 e.